The number of fused-ring (bicyclic) bond motifs is 2. The number of ether oxygens (including phenoxy) is 2. The molecule has 1 heterocycles. The van der Waals surface area contributed by atoms with Crippen molar-refractivity contribution in [2.45, 2.75) is 12.8 Å². The molecule has 21 heavy (non-hydrogen) atoms. The molecule has 0 aromatic heterocycles. The fourth-order valence-corrected chi connectivity index (χ4v) is 3.02. The molecule has 1 N–H and O–H groups in total. The van der Waals surface area contributed by atoms with Gasteiger partial charge in [0.15, 0.2) is 0 Å². The average molecular weight is 349 g/mol. The Morgan fingerprint density at radius 2 is 2.05 bits per heavy atom. The lowest BCUT2D eigenvalue weighted by atomic mass is 9.87. The molecule has 2 aromatic rings. The van der Waals surface area contributed by atoms with Crippen molar-refractivity contribution in [3.63, 3.8) is 0 Å². The highest BCUT2D eigenvalue weighted by Crippen LogP contribution is 2.49. The molecule has 0 saturated heterocycles. The van der Waals surface area contributed by atoms with E-state index in [4.69, 9.17) is 9.47 Å². The van der Waals surface area contributed by atoms with E-state index in [2.05, 4.69) is 15.9 Å². The molecular formula is C16H13BrO4. The third kappa shape index (κ3) is 2.27. The first-order valence-electron chi connectivity index (χ1n) is 6.40. The molecular weight excluding hydrogens is 336 g/mol. The van der Waals surface area contributed by atoms with E-state index in [0.29, 0.717) is 28.4 Å². The van der Waals surface area contributed by atoms with Gasteiger partial charge in [-0.05, 0) is 42.8 Å². The number of aliphatic carboxylic acids is 1. The molecule has 1 unspecified atom stereocenters. The standard InChI is InChI=1S/C16H13BrO4/c1-8-5-12(20-2)15-13(6-8)21-11-4-3-9(17)7-10(11)14(15)16(18)19/h3-7,14H,1-2H3,(H,18,19). The molecule has 0 bridgehead atoms. The van der Waals surface area contributed by atoms with Gasteiger partial charge in [0.2, 0.25) is 0 Å². The lowest BCUT2D eigenvalue weighted by molar-refractivity contribution is -0.137. The second kappa shape index (κ2) is 5.07. The van der Waals surface area contributed by atoms with Gasteiger partial charge in [0.05, 0.1) is 12.7 Å². The van der Waals surface area contributed by atoms with Crippen LogP contribution >= 0.6 is 15.9 Å². The Labute approximate surface area is 130 Å². The van der Waals surface area contributed by atoms with Gasteiger partial charge in [0.25, 0.3) is 0 Å². The topological polar surface area (TPSA) is 55.8 Å². The third-order valence-electron chi connectivity index (χ3n) is 3.51. The summed E-state index contributed by atoms with van der Waals surface area (Å²) in [5.74, 6) is -0.110. The molecule has 0 fully saturated rings. The number of benzene rings is 2. The van der Waals surface area contributed by atoms with E-state index in [0.717, 1.165) is 10.0 Å². The molecule has 108 valence electrons. The van der Waals surface area contributed by atoms with Gasteiger partial charge in [-0.3, -0.25) is 4.79 Å². The van der Waals surface area contributed by atoms with Crippen LogP contribution in [0, 0.1) is 6.92 Å². The van der Waals surface area contributed by atoms with Gasteiger partial charge in [-0.15, -0.1) is 0 Å². The van der Waals surface area contributed by atoms with Gasteiger partial charge < -0.3 is 14.6 Å². The maximum atomic E-state index is 11.8. The second-order valence-electron chi connectivity index (χ2n) is 4.93. The average Bonchev–Trinajstić information content (AvgIpc) is 2.43. The van der Waals surface area contributed by atoms with Crippen LogP contribution < -0.4 is 9.47 Å². The largest absolute Gasteiger partial charge is 0.496 e. The van der Waals surface area contributed by atoms with Crippen molar-refractivity contribution in [3.05, 3.63) is 51.5 Å². The van der Waals surface area contributed by atoms with Crippen LogP contribution in [0.3, 0.4) is 0 Å². The lowest BCUT2D eigenvalue weighted by Gasteiger charge is -2.27. The molecule has 3 rings (SSSR count). The van der Waals surface area contributed by atoms with Gasteiger partial charge in [-0.2, -0.15) is 0 Å². The van der Waals surface area contributed by atoms with Gasteiger partial charge in [0, 0.05) is 10.0 Å². The summed E-state index contributed by atoms with van der Waals surface area (Å²) in [6, 6.07) is 9.03. The highest BCUT2D eigenvalue weighted by molar-refractivity contribution is 9.10. The maximum Gasteiger partial charge on any atom is 0.315 e. The minimum absolute atomic E-state index is 0.531. The summed E-state index contributed by atoms with van der Waals surface area (Å²) < 4.78 is 12.0. The predicted molar refractivity (Wildman–Crippen MR) is 81.4 cm³/mol. The Morgan fingerprint density at radius 1 is 1.29 bits per heavy atom. The SMILES string of the molecule is COc1cc(C)cc2c1C(C(=O)O)c1cc(Br)ccc1O2. The summed E-state index contributed by atoms with van der Waals surface area (Å²) in [5.41, 5.74) is 2.13. The first-order valence-corrected chi connectivity index (χ1v) is 7.19. The summed E-state index contributed by atoms with van der Waals surface area (Å²) in [7, 11) is 1.53. The number of carbonyl (C=O) groups is 1. The van der Waals surface area contributed by atoms with Crippen molar-refractivity contribution in [1.82, 2.24) is 0 Å². The number of carboxylic acid groups (broad SMARTS) is 1. The quantitative estimate of drug-likeness (QED) is 0.887. The maximum absolute atomic E-state index is 11.8. The number of hydrogen-bond acceptors (Lipinski definition) is 3. The van der Waals surface area contributed by atoms with Crippen LogP contribution in [0.1, 0.15) is 22.6 Å². The van der Waals surface area contributed by atoms with Crippen molar-refractivity contribution in [1.29, 1.82) is 0 Å². The number of methoxy groups -OCH3 is 1. The zero-order chi connectivity index (χ0) is 15.1. The number of carboxylic acids is 1. The molecule has 4 nitrogen and oxygen atoms in total. The van der Waals surface area contributed by atoms with Crippen LogP contribution in [0.15, 0.2) is 34.8 Å². The molecule has 0 aliphatic carbocycles. The molecule has 5 heteroatoms. The molecule has 1 aliphatic heterocycles. The van der Waals surface area contributed by atoms with E-state index in [1.54, 1.807) is 12.1 Å². The highest BCUT2D eigenvalue weighted by atomic mass is 79.9. The van der Waals surface area contributed by atoms with Crippen molar-refractivity contribution < 1.29 is 19.4 Å². The van der Waals surface area contributed by atoms with Crippen LogP contribution in [0.5, 0.6) is 17.2 Å². The van der Waals surface area contributed by atoms with E-state index >= 15 is 0 Å². The summed E-state index contributed by atoms with van der Waals surface area (Å²) in [6.07, 6.45) is 0. The molecule has 0 radical (unpaired) electrons. The Bertz CT molecular complexity index is 739. The van der Waals surface area contributed by atoms with Gasteiger partial charge in [-0.25, -0.2) is 0 Å². The highest BCUT2D eigenvalue weighted by Gasteiger charge is 2.35. The van der Waals surface area contributed by atoms with Crippen molar-refractivity contribution in [3.8, 4) is 17.2 Å². The monoisotopic (exact) mass is 348 g/mol. The Kier molecular flexibility index (Phi) is 3.37. The number of hydrogen-bond donors (Lipinski definition) is 1. The lowest BCUT2D eigenvalue weighted by Crippen LogP contribution is -2.19. The smallest absolute Gasteiger partial charge is 0.315 e. The van der Waals surface area contributed by atoms with Crippen LogP contribution in [0.2, 0.25) is 0 Å². The normalized spacial score (nSPS) is 15.7. The summed E-state index contributed by atoms with van der Waals surface area (Å²) >= 11 is 3.37. The Morgan fingerprint density at radius 3 is 2.71 bits per heavy atom. The van der Waals surface area contributed by atoms with Crippen LogP contribution in [-0.2, 0) is 4.79 Å². The Balaban J connectivity index is 2.29. The van der Waals surface area contributed by atoms with Gasteiger partial charge in [0.1, 0.15) is 23.2 Å². The predicted octanol–water partition coefficient (Wildman–Crippen LogP) is 4.09. The van der Waals surface area contributed by atoms with Gasteiger partial charge >= 0.3 is 5.97 Å². The van der Waals surface area contributed by atoms with Gasteiger partial charge in [-0.1, -0.05) is 15.9 Å². The van der Waals surface area contributed by atoms with E-state index in [1.807, 2.05) is 25.1 Å². The first-order chi connectivity index (χ1) is 10.0. The second-order valence-corrected chi connectivity index (χ2v) is 5.85. The van der Waals surface area contributed by atoms with Crippen molar-refractivity contribution in [2.24, 2.45) is 0 Å². The molecule has 1 aliphatic rings. The summed E-state index contributed by atoms with van der Waals surface area (Å²) in [5, 5.41) is 9.69. The first kappa shape index (κ1) is 13.9. The molecule has 0 saturated carbocycles. The molecule has 0 amide bonds. The van der Waals surface area contributed by atoms with E-state index in [9.17, 15) is 9.90 Å². The molecule has 0 spiro atoms. The minimum atomic E-state index is -0.930. The zero-order valence-corrected chi connectivity index (χ0v) is 13.1. The minimum Gasteiger partial charge on any atom is -0.496 e. The molecule has 1 atom stereocenters. The van der Waals surface area contributed by atoms with Crippen LogP contribution in [-0.4, -0.2) is 18.2 Å². The van der Waals surface area contributed by atoms with E-state index in [1.165, 1.54) is 7.11 Å². The Hall–Kier alpha value is -2.01. The zero-order valence-electron chi connectivity index (χ0n) is 11.5. The van der Waals surface area contributed by atoms with Crippen molar-refractivity contribution >= 4 is 21.9 Å². The fraction of sp³-hybridized carbons (Fsp3) is 0.188. The number of aryl methyl sites for hydroxylation is 1. The van der Waals surface area contributed by atoms with Crippen LogP contribution in [0.25, 0.3) is 0 Å². The van der Waals surface area contributed by atoms with E-state index in [-0.39, 0.29) is 0 Å². The van der Waals surface area contributed by atoms with Crippen LogP contribution in [0.4, 0.5) is 0 Å². The third-order valence-corrected chi connectivity index (χ3v) is 4.00. The number of rotatable bonds is 2. The summed E-state index contributed by atoms with van der Waals surface area (Å²) in [6.45, 7) is 1.92. The van der Waals surface area contributed by atoms with Crippen molar-refractivity contribution in [2.75, 3.05) is 7.11 Å². The number of halogens is 1. The molecule has 2 aromatic carbocycles. The summed E-state index contributed by atoms with van der Waals surface area (Å²) in [4.78, 5) is 11.8. The fourth-order valence-electron chi connectivity index (χ4n) is 2.64. The van der Waals surface area contributed by atoms with E-state index < -0.39 is 11.9 Å².